The highest BCUT2D eigenvalue weighted by Gasteiger charge is 2.27. The van der Waals surface area contributed by atoms with E-state index in [2.05, 4.69) is 45.4 Å². The van der Waals surface area contributed by atoms with Crippen molar-refractivity contribution in [3.8, 4) is 0 Å². The van der Waals surface area contributed by atoms with E-state index < -0.39 is 23.8 Å². The maximum absolute atomic E-state index is 13.9. The van der Waals surface area contributed by atoms with E-state index in [9.17, 15) is 8.60 Å². The van der Waals surface area contributed by atoms with Crippen LogP contribution < -0.4 is 5.43 Å². The molecular weight excluding hydrogens is 473 g/mol. The molecule has 2 rings (SSSR count). The van der Waals surface area contributed by atoms with Crippen LogP contribution in [0.25, 0.3) is 0 Å². The van der Waals surface area contributed by atoms with E-state index >= 15 is 0 Å². The van der Waals surface area contributed by atoms with Gasteiger partial charge >= 0.3 is 0 Å². The van der Waals surface area contributed by atoms with Gasteiger partial charge in [0.15, 0.2) is 0 Å². The zero-order valence-corrected chi connectivity index (χ0v) is 21.4. The Morgan fingerprint density at radius 1 is 1.38 bits per heavy atom. The van der Waals surface area contributed by atoms with Crippen LogP contribution in [0.2, 0.25) is 25.7 Å². The first-order valence-corrected chi connectivity index (χ1v) is 15.2. The summed E-state index contributed by atoms with van der Waals surface area (Å²) in [7, 11) is -2.53. The van der Waals surface area contributed by atoms with Gasteiger partial charge in [-0.2, -0.15) is 4.40 Å². The number of nitrogens with zero attached hydrogens (tertiary/aromatic N) is 2. The van der Waals surface area contributed by atoms with Crippen LogP contribution in [0.5, 0.6) is 0 Å². The number of nitrogens with one attached hydrogen (secondary N) is 1. The lowest BCUT2D eigenvalue weighted by molar-refractivity contribution is 0.0378. The molecule has 29 heavy (non-hydrogen) atoms. The second-order valence-corrected chi connectivity index (χ2v) is 17.7. The first-order chi connectivity index (χ1) is 13.4. The van der Waals surface area contributed by atoms with Gasteiger partial charge in [-0.3, -0.25) is 5.01 Å². The predicted molar refractivity (Wildman–Crippen MR) is 125 cm³/mol. The van der Waals surface area contributed by atoms with Crippen molar-refractivity contribution in [3.05, 3.63) is 45.8 Å². The van der Waals surface area contributed by atoms with Crippen molar-refractivity contribution in [2.24, 2.45) is 4.40 Å². The second kappa shape index (κ2) is 9.96. The Hall–Kier alpha value is -0.873. The molecule has 162 valence electrons. The third-order valence-corrected chi connectivity index (χ3v) is 8.02. The van der Waals surface area contributed by atoms with Crippen LogP contribution in [0.15, 0.2) is 38.8 Å². The molecule has 0 amide bonds. The minimum atomic E-state index is -1.37. The number of rotatable bonds is 8. The van der Waals surface area contributed by atoms with Crippen LogP contribution in [0.4, 0.5) is 4.39 Å². The summed E-state index contributed by atoms with van der Waals surface area (Å²) in [5.74, 6) is -0.315. The van der Waals surface area contributed by atoms with Gasteiger partial charge in [0, 0.05) is 37.1 Å². The molecule has 0 saturated carbocycles. The minimum Gasteiger partial charge on any atom is -0.360 e. The van der Waals surface area contributed by atoms with Gasteiger partial charge in [0.2, 0.25) is 0 Å². The minimum absolute atomic E-state index is 0.315. The van der Waals surface area contributed by atoms with E-state index in [0.29, 0.717) is 13.3 Å². The molecule has 2 atom stereocenters. The van der Waals surface area contributed by atoms with Crippen LogP contribution in [0.1, 0.15) is 32.4 Å². The van der Waals surface area contributed by atoms with Crippen molar-refractivity contribution in [1.29, 1.82) is 0 Å². The average molecular weight is 505 g/mol. The van der Waals surface area contributed by atoms with E-state index in [1.807, 2.05) is 32.0 Å². The Bertz CT molecular complexity index is 806. The summed E-state index contributed by atoms with van der Waals surface area (Å²) in [6.07, 6.45) is 3.48. The van der Waals surface area contributed by atoms with Crippen LogP contribution in [0.3, 0.4) is 0 Å². The molecule has 0 fully saturated rings. The molecule has 1 N–H and O–H groups in total. The predicted octanol–water partition coefficient (Wildman–Crippen LogP) is 5.18. The van der Waals surface area contributed by atoms with E-state index in [4.69, 9.17) is 4.74 Å². The third kappa shape index (κ3) is 7.71. The smallest absolute Gasteiger partial charge is 0.144 e. The standard InChI is InChI=1S/C20H31BrFN3O2SSi/c1-20(2,3)28(26)23-12-15-13-25(14-27-9-10-29(4,5)6)24-19(15)17-11-16(22)7-8-18(17)21/h7-8,11-13,19,24H,9-10,14H2,1-6H3. The Morgan fingerprint density at radius 3 is 2.69 bits per heavy atom. The quantitative estimate of drug-likeness (QED) is 0.301. The number of hydrogen-bond acceptors (Lipinski definition) is 4. The SMILES string of the molecule is CC(C)(C)S(=O)N=CC1=CN(COCC[Si](C)(C)C)NC1c1cc(F)ccc1Br. The van der Waals surface area contributed by atoms with Crippen molar-refractivity contribution < 1.29 is 13.3 Å². The van der Waals surface area contributed by atoms with E-state index in [1.165, 1.54) is 12.1 Å². The molecule has 0 aliphatic carbocycles. The largest absolute Gasteiger partial charge is 0.360 e. The molecule has 2 unspecified atom stereocenters. The van der Waals surface area contributed by atoms with Gasteiger partial charge < -0.3 is 4.74 Å². The summed E-state index contributed by atoms with van der Waals surface area (Å²) in [5, 5.41) is 1.83. The van der Waals surface area contributed by atoms with Crippen LogP contribution in [0, 0.1) is 5.82 Å². The zero-order valence-electron chi connectivity index (χ0n) is 18.0. The van der Waals surface area contributed by atoms with Crippen LogP contribution in [-0.4, -0.2) is 41.6 Å². The summed E-state index contributed by atoms with van der Waals surface area (Å²) in [5.41, 5.74) is 4.86. The maximum Gasteiger partial charge on any atom is 0.144 e. The maximum atomic E-state index is 13.9. The van der Waals surface area contributed by atoms with Crippen molar-refractivity contribution >= 4 is 41.2 Å². The number of hydrogen-bond donors (Lipinski definition) is 1. The van der Waals surface area contributed by atoms with E-state index in [1.54, 1.807) is 12.3 Å². The molecule has 0 spiro atoms. The average Bonchev–Trinajstić information content (AvgIpc) is 3.00. The van der Waals surface area contributed by atoms with Crippen molar-refractivity contribution in [2.45, 2.75) is 57.2 Å². The van der Waals surface area contributed by atoms with Gasteiger partial charge in [-0.05, 0) is 50.6 Å². The topological polar surface area (TPSA) is 53.9 Å². The van der Waals surface area contributed by atoms with Gasteiger partial charge in [0.1, 0.15) is 23.5 Å². The van der Waals surface area contributed by atoms with Gasteiger partial charge in [0.05, 0.1) is 10.8 Å². The Labute approximate surface area is 185 Å². The second-order valence-electron chi connectivity index (χ2n) is 9.27. The molecule has 1 aromatic carbocycles. The van der Waals surface area contributed by atoms with Gasteiger partial charge in [-0.25, -0.2) is 14.0 Å². The molecule has 1 aliphatic heterocycles. The first-order valence-electron chi connectivity index (χ1n) is 9.60. The molecule has 9 heteroatoms. The number of ether oxygens (including phenoxy) is 1. The van der Waals surface area contributed by atoms with Crippen molar-refractivity contribution in [1.82, 2.24) is 10.4 Å². The normalized spacial score (nSPS) is 19.1. The lowest BCUT2D eigenvalue weighted by atomic mass is 10.0. The van der Waals surface area contributed by atoms with Crippen LogP contribution >= 0.6 is 15.9 Å². The van der Waals surface area contributed by atoms with Crippen molar-refractivity contribution in [2.75, 3.05) is 13.3 Å². The fraction of sp³-hybridized carbons (Fsp3) is 0.550. The lowest BCUT2D eigenvalue weighted by Crippen LogP contribution is -2.34. The Morgan fingerprint density at radius 2 is 2.07 bits per heavy atom. The molecule has 1 heterocycles. The van der Waals surface area contributed by atoms with Gasteiger partial charge in [-0.1, -0.05) is 35.6 Å². The summed E-state index contributed by atoms with van der Waals surface area (Å²) in [4.78, 5) is 0. The fourth-order valence-corrected chi connectivity index (χ4v) is 4.27. The number of benzene rings is 1. The zero-order chi connectivity index (χ0) is 21.8. The molecule has 0 bridgehead atoms. The summed E-state index contributed by atoms with van der Waals surface area (Å²) in [6, 6.07) is 5.34. The summed E-state index contributed by atoms with van der Waals surface area (Å²) in [6.45, 7) is 13.6. The molecule has 5 nitrogen and oxygen atoms in total. The monoisotopic (exact) mass is 503 g/mol. The Kier molecular flexibility index (Phi) is 8.38. The first kappa shape index (κ1) is 24.4. The van der Waals surface area contributed by atoms with Crippen molar-refractivity contribution in [3.63, 3.8) is 0 Å². The molecule has 1 aliphatic rings. The molecule has 0 aromatic heterocycles. The fourth-order valence-electron chi connectivity index (χ4n) is 2.51. The highest BCUT2D eigenvalue weighted by molar-refractivity contribution is 9.10. The highest BCUT2D eigenvalue weighted by atomic mass is 79.9. The third-order valence-electron chi connectivity index (χ3n) is 4.25. The van der Waals surface area contributed by atoms with E-state index in [-0.39, 0.29) is 11.9 Å². The van der Waals surface area contributed by atoms with Gasteiger partial charge in [-0.15, -0.1) is 0 Å². The summed E-state index contributed by atoms with van der Waals surface area (Å²) < 4.78 is 36.6. The lowest BCUT2D eigenvalue weighted by Gasteiger charge is -2.22. The van der Waals surface area contributed by atoms with Crippen LogP contribution in [-0.2, 0) is 15.7 Å². The molecule has 0 radical (unpaired) electrons. The number of hydrazine groups is 1. The molecule has 1 aromatic rings. The molecule has 0 saturated heterocycles. The molecular formula is C20H31BrFN3O2SSi. The summed E-state index contributed by atoms with van der Waals surface area (Å²) >= 11 is 3.50. The van der Waals surface area contributed by atoms with E-state index in [0.717, 1.165) is 21.7 Å². The van der Waals surface area contributed by atoms with Gasteiger partial charge in [0.25, 0.3) is 0 Å². The highest BCUT2D eigenvalue weighted by Crippen LogP contribution is 2.32. The number of halogens is 2. The Balaban J connectivity index is 2.18.